The second-order valence-electron chi connectivity index (χ2n) is 6.05. The van der Waals surface area contributed by atoms with E-state index in [1.165, 1.54) is 0 Å². The summed E-state index contributed by atoms with van der Waals surface area (Å²) >= 11 is 0. The highest BCUT2D eigenvalue weighted by Crippen LogP contribution is 2.23. The summed E-state index contributed by atoms with van der Waals surface area (Å²) in [6, 6.07) is 17.7. The van der Waals surface area contributed by atoms with E-state index in [1.807, 2.05) is 60.7 Å². The van der Waals surface area contributed by atoms with Crippen molar-refractivity contribution in [3.8, 4) is 0 Å². The van der Waals surface area contributed by atoms with Crippen LogP contribution < -0.4 is 5.32 Å². The average Bonchev–Trinajstić information content (AvgIpc) is 2.55. The Bertz CT molecular complexity index is 666. The van der Waals surface area contributed by atoms with Gasteiger partial charge in [-0.05, 0) is 25.0 Å². The second-order valence-corrected chi connectivity index (χ2v) is 6.05. The van der Waals surface area contributed by atoms with Crippen LogP contribution in [0.3, 0.4) is 0 Å². The van der Waals surface area contributed by atoms with Crippen LogP contribution in [0.2, 0.25) is 0 Å². The number of carboxylic acid groups (broad SMARTS) is 1. The molecule has 0 aromatic heterocycles. The van der Waals surface area contributed by atoms with Crippen molar-refractivity contribution in [2.24, 2.45) is 0 Å². The highest BCUT2D eigenvalue weighted by molar-refractivity contribution is 5.90. The predicted octanol–water partition coefficient (Wildman–Crippen LogP) is 2.78. The molecular weight excluding hydrogens is 290 g/mol. The molecule has 0 bridgehead atoms. The van der Waals surface area contributed by atoms with Crippen LogP contribution in [0.5, 0.6) is 0 Å². The van der Waals surface area contributed by atoms with Gasteiger partial charge in [0, 0.05) is 6.42 Å². The van der Waals surface area contributed by atoms with Crippen molar-refractivity contribution < 1.29 is 14.7 Å². The third kappa shape index (κ3) is 4.19. The molecule has 0 aliphatic heterocycles. The average molecular weight is 311 g/mol. The summed E-state index contributed by atoms with van der Waals surface area (Å²) in [6.07, 6.45) is 0.257. The first-order valence-corrected chi connectivity index (χ1v) is 7.54. The van der Waals surface area contributed by atoms with Crippen molar-refractivity contribution >= 4 is 11.9 Å². The fourth-order valence-corrected chi connectivity index (χ4v) is 2.37. The minimum Gasteiger partial charge on any atom is -0.480 e. The van der Waals surface area contributed by atoms with Crippen molar-refractivity contribution in [3.63, 3.8) is 0 Å². The highest BCUT2D eigenvalue weighted by atomic mass is 16.4. The smallest absolute Gasteiger partial charge is 0.326 e. The van der Waals surface area contributed by atoms with Crippen molar-refractivity contribution in [2.75, 3.05) is 0 Å². The maximum Gasteiger partial charge on any atom is 0.326 e. The van der Waals surface area contributed by atoms with Gasteiger partial charge in [-0.3, -0.25) is 4.79 Å². The number of amides is 1. The van der Waals surface area contributed by atoms with Gasteiger partial charge in [-0.1, -0.05) is 60.7 Å². The fourth-order valence-electron chi connectivity index (χ4n) is 2.37. The molecule has 1 atom stereocenters. The first kappa shape index (κ1) is 16.7. The van der Waals surface area contributed by atoms with Gasteiger partial charge in [-0.2, -0.15) is 0 Å². The number of nitrogens with one attached hydrogen (secondary N) is 1. The lowest BCUT2D eigenvalue weighted by Gasteiger charge is -2.26. The third-order valence-electron chi connectivity index (χ3n) is 3.95. The van der Waals surface area contributed by atoms with E-state index in [2.05, 4.69) is 5.32 Å². The molecule has 0 saturated heterocycles. The summed E-state index contributed by atoms with van der Waals surface area (Å²) in [5, 5.41) is 12.1. The summed E-state index contributed by atoms with van der Waals surface area (Å²) in [7, 11) is 0. The van der Waals surface area contributed by atoms with Gasteiger partial charge in [0.15, 0.2) is 0 Å². The van der Waals surface area contributed by atoms with Crippen LogP contribution in [-0.2, 0) is 21.4 Å². The maximum absolute atomic E-state index is 12.6. The summed E-state index contributed by atoms with van der Waals surface area (Å²) < 4.78 is 0. The zero-order valence-electron chi connectivity index (χ0n) is 13.3. The monoisotopic (exact) mass is 311 g/mol. The van der Waals surface area contributed by atoms with Crippen LogP contribution in [-0.4, -0.2) is 23.0 Å². The van der Waals surface area contributed by atoms with Gasteiger partial charge < -0.3 is 10.4 Å². The summed E-state index contributed by atoms with van der Waals surface area (Å²) in [4.78, 5) is 24.1. The minimum absolute atomic E-state index is 0.257. The summed E-state index contributed by atoms with van der Waals surface area (Å²) in [5.74, 6) is -1.34. The Kier molecular flexibility index (Phi) is 5.16. The molecule has 0 spiro atoms. The Balaban J connectivity index is 2.13. The molecule has 4 heteroatoms. The van der Waals surface area contributed by atoms with E-state index in [1.54, 1.807) is 13.8 Å². The van der Waals surface area contributed by atoms with E-state index in [-0.39, 0.29) is 12.3 Å². The molecule has 0 saturated carbocycles. The molecule has 1 unspecified atom stereocenters. The van der Waals surface area contributed by atoms with Gasteiger partial charge in [0.1, 0.15) is 6.04 Å². The minimum atomic E-state index is -1.04. The third-order valence-corrected chi connectivity index (χ3v) is 3.95. The number of benzene rings is 2. The molecule has 0 radical (unpaired) electrons. The Hall–Kier alpha value is -2.62. The fraction of sp³-hybridized carbons (Fsp3) is 0.263. The number of aliphatic carboxylic acids is 1. The first-order valence-electron chi connectivity index (χ1n) is 7.54. The molecule has 1 amide bonds. The van der Waals surface area contributed by atoms with Crippen LogP contribution in [0.4, 0.5) is 0 Å². The van der Waals surface area contributed by atoms with Gasteiger partial charge in [0.05, 0.1) is 5.41 Å². The molecule has 0 aliphatic carbocycles. The largest absolute Gasteiger partial charge is 0.480 e. The van der Waals surface area contributed by atoms with Crippen LogP contribution in [0.15, 0.2) is 60.7 Å². The predicted molar refractivity (Wildman–Crippen MR) is 89.2 cm³/mol. The van der Waals surface area contributed by atoms with Crippen LogP contribution in [0.1, 0.15) is 25.0 Å². The van der Waals surface area contributed by atoms with Crippen molar-refractivity contribution in [3.05, 3.63) is 71.8 Å². The molecule has 0 aliphatic rings. The van der Waals surface area contributed by atoms with Crippen LogP contribution in [0, 0.1) is 0 Å². The molecular formula is C19H21NO3. The van der Waals surface area contributed by atoms with Crippen LogP contribution in [0.25, 0.3) is 0 Å². The zero-order chi connectivity index (χ0) is 16.9. The first-order chi connectivity index (χ1) is 10.9. The molecule has 23 heavy (non-hydrogen) atoms. The standard InChI is InChI=1S/C19H21NO3/c1-19(2,15-11-7-4-8-12-15)18(23)20-16(17(21)22)13-14-9-5-3-6-10-14/h3-12,16H,13H2,1-2H3,(H,20,23)(H,21,22). The Labute approximate surface area is 136 Å². The normalized spacial score (nSPS) is 12.4. The van der Waals surface area contributed by atoms with Crippen LogP contribution >= 0.6 is 0 Å². The molecule has 2 aromatic carbocycles. The van der Waals surface area contributed by atoms with E-state index in [9.17, 15) is 14.7 Å². The molecule has 2 aromatic rings. The van der Waals surface area contributed by atoms with E-state index in [0.717, 1.165) is 11.1 Å². The highest BCUT2D eigenvalue weighted by Gasteiger charge is 2.32. The Morgan fingerprint density at radius 2 is 1.52 bits per heavy atom. The molecule has 4 nitrogen and oxygen atoms in total. The maximum atomic E-state index is 12.6. The van der Waals surface area contributed by atoms with Crippen molar-refractivity contribution in [1.82, 2.24) is 5.32 Å². The van der Waals surface area contributed by atoms with Gasteiger partial charge in [-0.15, -0.1) is 0 Å². The van der Waals surface area contributed by atoms with Gasteiger partial charge in [-0.25, -0.2) is 4.79 Å². The molecule has 2 N–H and O–H groups in total. The van der Waals surface area contributed by atoms with Gasteiger partial charge in [0.2, 0.25) is 5.91 Å². The molecule has 2 rings (SSSR count). The topological polar surface area (TPSA) is 66.4 Å². The number of hydrogen-bond donors (Lipinski definition) is 2. The Morgan fingerprint density at radius 3 is 2.04 bits per heavy atom. The molecule has 120 valence electrons. The molecule has 0 fully saturated rings. The lowest BCUT2D eigenvalue weighted by molar-refractivity contribution is -0.142. The lowest BCUT2D eigenvalue weighted by Crippen LogP contribution is -2.49. The summed E-state index contributed by atoms with van der Waals surface area (Å²) in [6.45, 7) is 3.58. The van der Waals surface area contributed by atoms with Crippen molar-refractivity contribution in [2.45, 2.75) is 31.7 Å². The SMILES string of the molecule is CC(C)(C(=O)NC(Cc1ccccc1)C(=O)O)c1ccccc1. The Morgan fingerprint density at radius 1 is 1.00 bits per heavy atom. The number of carboxylic acids is 1. The number of rotatable bonds is 6. The van der Waals surface area contributed by atoms with E-state index < -0.39 is 17.4 Å². The number of carbonyl (C=O) groups is 2. The molecule has 0 heterocycles. The van der Waals surface area contributed by atoms with E-state index in [0.29, 0.717) is 0 Å². The second kappa shape index (κ2) is 7.09. The zero-order valence-corrected chi connectivity index (χ0v) is 13.3. The van der Waals surface area contributed by atoms with E-state index in [4.69, 9.17) is 0 Å². The lowest BCUT2D eigenvalue weighted by atomic mass is 9.83. The quantitative estimate of drug-likeness (QED) is 0.862. The number of carbonyl (C=O) groups excluding carboxylic acids is 1. The van der Waals surface area contributed by atoms with E-state index >= 15 is 0 Å². The summed E-state index contributed by atoms with van der Waals surface area (Å²) in [5.41, 5.74) is 0.921. The van der Waals surface area contributed by atoms with Gasteiger partial charge in [0.25, 0.3) is 0 Å². The number of hydrogen-bond acceptors (Lipinski definition) is 2. The van der Waals surface area contributed by atoms with Crippen molar-refractivity contribution in [1.29, 1.82) is 0 Å². The van der Waals surface area contributed by atoms with Gasteiger partial charge >= 0.3 is 5.97 Å².